The lowest BCUT2D eigenvalue weighted by Crippen LogP contribution is -2.31. The van der Waals surface area contributed by atoms with Crippen LogP contribution in [0.3, 0.4) is 0 Å². The highest BCUT2D eigenvalue weighted by Gasteiger charge is 2.22. The molecule has 0 saturated carbocycles. The first-order valence-electron chi connectivity index (χ1n) is 5.68. The largest absolute Gasteiger partial charge is 0.307 e. The molecule has 2 unspecified atom stereocenters. The minimum Gasteiger partial charge on any atom is -0.307 e. The number of thioether (sulfide) groups is 1. The van der Waals surface area contributed by atoms with E-state index in [4.69, 9.17) is 0 Å². The molecule has 0 bridgehead atoms. The van der Waals surface area contributed by atoms with Gasteiger partial charge in [-0.25, -0.2) is 0 Å². The van der Waals surface area contributed by atoms with Gasteiger partial charge in [0, 0.05) is 23.1 Å². The third-order valence-corrected chi connectivity index (χ3v) is 4.34. The lowest BCUT2D eigenvalue weighted by molar-refractivity contribution is 0.474. The van der Waals surface area contributed by atoms with Crippen LogP contribution in [0.4, 0.5) is 0 Å². The molecule has 0 spiro atoms. The van der Waals surface area contributed by atoms with Crippen molar-refractivity contribution in [2.45, 2.75) is 37.6 Å². The molecule has 2 heteroatoms. The van der Waals surface area contributed by atoms with E-state index in [0.717, 1.165) is 5.25 Å². The summed E-state index contributed by atoms with van der Waals surface area (Å²) in [6.45, 7) is 4.57. The highest BCUT2D eigenvalue weighted by Crippen LogP contribution is 2.27. The normalized spacial score (nSPS) is 27.9. The van der Waals surface area contributed by atoms with Gasteiger partial charge in [-0.15, -0.1) is 0 Å². The van der Waals surface area contributed by atoms with E-state index in [-0.39, 0.29) is 0 Å². The predicted molar refractivity (Wildman–Crippen MR) is 68.3 cm³/mol. The topological polar surface area (TPSA) is 12.0 Å². The lowest BCUT2D eigenvalue weighted by atomic mass is 10.1. The van der Waals surface area contributed by atoms with E-state index < -0.39 is 0 Å². The third-order valence-electron chi connectivity index (χ3n) is 2.98. The molecule has 1 fully saturated rings. The standard InChI is InChI=1S/C13H19NS/c1-10-8-13(9-15-10)14-11(2)12-6-4-3-5-7-12/h3-7,10-11,13-14H,8-9H2,1-2H3/t10?,11-,13?/m1/s1. The highest BCUT2D eigenvalue weighted by molar-refractivity contribution is 8.00. The average Bonchev–Trinajstić information content (AvgIpc) is 2.65. The minimum absolute atomic E-state index is 0.474. The van der Waals surface area contributed by atoms with Crippen LogP contribution in [-0.4, -0.2) is 17.0 Å². The highest BCUT2D eigenvalue weighted by atomic mass is 32.2. The van der Waals surface area contributed by atoms with Crippen LogP contribution in [0.2, 0.25) is 0 Å². The van der Waals surface area contributed by atoms with Crippen LogP contribution in [0, 0.1) is 0 Å². The van der Waals surface area contributed by atoms with Gasteiger partial charge in [0.05, 0.1) is 0 Å². The first-order chi connectivity index (χ1) is 7.25. The molecular weight excluding hydrogens is 202 g/mol. The first-order valence-corrected chi connectivity index (χ1v) is 6.73. The molecule has 0 aliphatic carbocycles. The summed E-state index contributed by atoms with van der Waals surface area (Å²) in [4.78, 5) is 0. The summed E-state index contributed by atoms with van der Waals surface area (Å²) in [5, 5.41) is 4.53. The fourth-order valence-corrected chi connectivity index (χ4v) is 3.29. The van der Waals surface area contributed by atoms with Gasteiger partial charge in [-0.3, -0.25) is 0 Å². The van der Waals surface area contributed by atoms with Gasteiger partial charge < -0.3 is 5.32 Å². The van der Waals surface area contributed by atoms with Crippen molar-refractivity contribution in [2.75, 3.05) is 5.75 Å². The van der Waals surface area contributed by atoms with Crippen LogP contribution in [0.1, 0.15) is 31.9 Å². The minimum atomic E-state index is 0.474. The van der Waals surface area contributed by atoms with Crippen LogP contribution in [0.15, 0.2) is 30.3 Å². The van der Waals surface area contributed by atoms with Gasteiger partial charge >= 0.3 is 0 Å². The molecule has 0 radical (unpaired) electrons. The van der Waals surface area contributed by atoms with E-state index >= 15 is 0 Å². The van der Waals surface area contributed by atoms with Crippen molar-refractivity contribution in [1.82, 2.24) is 5.32 Å². The monoisotopic (exact) mass is 221 g/mol. The smallest absolute Gasteiger partial charge is 0.0294 e. The third kappa shape index (κ3) is 2.99. The van der Waals surface area contributed by atoms with Crippen molar-refractivity contribution in [3.8, 4) is 0 Å². The molecular formula is C13H19NS. The SMILES string of the molecule is CC1CC(N[C@H](C)c2ccccc2)CS1. The molecule has 1 aliphatic rings. The second-order valence-electron chi connectivity index (χ2n) is 4.38. The molecule has 3 atom stereocenters. The lowest BCUT2D eigenvalue weighted by Gasteiger charge is -2.19. The second-order valence-corrected chi connectivity index (χ2v) is 5.85. The number of nitrogens with one attached hydrogen (secondary N) is 1. The average molecular weight is 221 g/mol. The van der Waals surface area contributed by atoms with Crippen LogP contribution in [-0.2, 0) is 0 Å². The Balaban J connectivity index is 1.90. The van der Waals surface area contributed by atoms with Crippen LogP contribution < -0.4 is 5.32 Å². The maximum absolute atomic E-state index is 3.70. The molecule has 1 aromatic rings. The summed E-state index contributed by atoms with van der Waals surface area (Å²) < 4.78 is 0. The van der Waals surface area contributed by atoms with E-state index in [2.05, 4.69) is 61.3 Å². The Morgan fingerprint density at radius 3 is 2.67 bits per heavy atom. The molecule has 1 N–H and O–H groups in total. The zero-order valence-corrected chi connectivity index (χ0v) is 10.3. The molecule has 1 saturated heterocycles. The van der Waals surface area contributed by atoms with Crippen molar-refractivity contribution in [3.63, 3.8) is 0 Å². The number of hydrogen-bond acceptors (Lipinski definition) is 2. The Labute approximate surface area is 96.7 Å². The molecule has 1 nitrogen and oxygen atoms in total. The van der Waals surface area contributed by atoms with Crippen LogP contribution in [0.25, 0.3) is 0 Å². The van der Waals surface area contributed by atoms with Gasteiger partial charge in [-0.05, 0) is 18.9 Å². The van der Waals surface area contributed by atoms with Gasteiger partial charge in [0.1, 0.15) is 0 Å². The van der Waals surface area contributed by atoms with Crippen molar-refractivity contribution in [3.05, 3.63) is 35.9 Å². The van der Waals surface area contributed by atoms with Crippen molar-refractivity contribution < 1.29 is 0 Å². The van der Waals surface area contributed by atoms with Crippen molar-refractivity contribution >= 4 is 11.8 Å². The zero-order chi connectivity index (χ0) is 10.7. The Bertz CT molecular complexity index is 299. The first kappa shape index (κ1) is 11.0. The van der Waals surface area contributed by atoms with Gasteiger partial charge in [0.15, 0.2) is 0 Å². The van der Waals surface area contributed by atoms with E-state index in [9.17, 15) is 0 Å². The van der Waals surface area contributed by atoms with Crippen LogP contribution in [0.5, 0.6) is 0 Å². The molecule has 82 valence electrons. The molecule has 1 aromatic carbocycles. The van der Waals surface area contributed by atoms with Gasteiger partial charge in [0.2, 0.25) is 0 Å². The summed E-state index contributed by atoms with van der Waals surface area (Å²) in [6, 6.07) is 11.9. The molecule has 1 heterocycles. The van der Waals surface area contributed by atoms with Gasteiger partial charge in [0.25, 0.3) is 0 Å². The summed E-state index contributed by atoms with van der Waals surface area (Å²) in [5.41, 5.74) is 1.39. The maximum atomic E-state index is 3.70. The van der Waals surface area contributed by atoms with E-state index in [1.54, 1.807) is 0 Å². The molecule has 1 aliphatic heterocycles. The zero-order valence-electron chi connectivity index (χ0n) is 9.44. The summed E-state index contributed by atoms with van der Waals surface area (Å²) in [5.74, 6) is 1.26. The van der Waals surface area contributed by atoms with E-state index in [1.807, 2.05) is 0 Å². The number of rotatable bonds is 3. The maximum Gasteiger partial charge on any atom is 0.0294 e. The fraction of sp³-hybridized carbons (Fsp3) is 0.538. The quantitative estimate of drug-likeness (QED) is 0.841. The summed E-state index contributed by atoms with van der Waals surface area (Å²) in [6.07, 6.45) is 1.31. The predicted octanol–water partition coefficient (Wildman–Crippen LogP) is 3.23. The Morgan fingerprint density at radius 1 is 1.33 bits per heavy atom. The Morgan fingerprint density at radius 2 is 2.07 bits per heavy atom. The summed E-state index contributed by atoms with van der Waals surface area (Å²) in [7, 11) is 0. The Kier molecular flexibility index (Phi) is 3.71. The van der Waals surface area contributed by atoms with E-state index in [1.165, 1.54) is 17.7 Å². The fourth-order valence-electron chi connectivity index (χ4n) is 2.12. The van der Waals surface area contributed by atoms with Gasteiger partial charge in [-0.1, -0.05) is 37.3 Å². The molecule has 0 aromatic heterocycles. The van der Waals surface area contributed by atoms with E-state index in [0.29, 0.717) is 12.1 Å². The van der Waals surface area contributed by atoms with Gasteiger partial charge in [-0.2, -0.15) is 11.8 Å². The number of benzene rings is 1. The number of hydrogen-bond donors (Lipinski definition) is 1. The Hall–Kier alpha value is -0.470. The summed E-state index contributed by atoms with van der Waals surface area (Å²) >= 11 is 2.08. The second kappa shape index (κ2) is 5.04. The molecule has 15 heavy (non-hydrogen) atoms. The van der Waals surface area contributed by atoms with Crippen molar-refractivity contribution in [1.29, 1.82) is 0 Å². The molecule has 2 rings (SSSR count). The van der Waals surface area contributed by atoms with Crippen molar-refractivity contribution in [2.24, 2.45) is 0 Å². The van der Waals surface area contributed by atoms with Crippen LogP contribution >= 0.6 is 11.8 Å². The molecule has 0 amide bonds.